The molecule has 0 amide bonds. The maximum absolute atomic E-state index is 9.68. The van der Waals surface area contributed by atoms with E-state index in [0.29, 0.717) is 12.5 Å². The zero-order valence-corrected chi connectivity index (χ0v) is 11.2. The minimum absolute atomic E-state index is 0.0408. The van der Waals surface area contributed by atoms with Crippen LogP contribution in [0.4, 0.5) is 11.9 Å². The number of nitrogen functional groups attached to an aromatic ring is 1. The Balaban J connectivity index is 2.68. The molecule has 0 aliphatic carbocycles. The van der Waals surface area contributed by atoms with Crippen LogP contribution in [0.15, 0.2) is 0 Å². The summed E-state index contributed by atoms with van der Waals surface area (Å²) in [6.07, 6.45) is -0.515. The van der Waals surface area contributed by atoms with E-state index in [4.69, 9.17) is 10.5 Å². The highest BCUT2D eigenvalue weighted by Gasteiger charge is 2.11. The highest BCUT2D eigenvalue weighted by Crippen LogP contribution is 2.11. The molecular formula is C11H21N5O2. The number of nitrogens with one attached hydrogen (secondary N) is 1. The Morgan fingerprint density at radius 1 is 1.22 bits per heavy atom. The van der Waals surface area contributed by atoms with Crippen LogP contribution in [-0.4, -0.2) is 38.8 Å². The summed E-state index contributed by atoms with van der Waals surface area (Å²) < 4.78 is 5.35. The summed E-state index contributed by atoms with van der Waals surface area (Å²) in [5, 5.41) is 12.6. The predicted octanol–water partition coefficient (Wildman–Crippen LogP) is 0.670. The molecule has 0 saturated heterocycles. The summed E-state index contributed by atoms with van der Waals surface area (Å²) in [5.74, 6) is 0.545. The molecule has 0 aromatic carbocycles. The Morgan fingerprint density at radius 2 is 1.89 bits per heavy atom. The average molecular weight is 255 g/mol. The van der Waals surface area contributed by atoms with Gasteiger partial charge < -0.3 is 20.9 Å². The molecule has 1 aromatic rings. The van der Waals surface area contributed by atoms with E-state index in [1.54, 1.807) is 0 Å². The molecule has 0 aliphatic heterocycles. The summed E-state index contributed by atoms with van der Waals surface area (Å²) in [4.78, 5) is 11.9. The lowest BCUT2D eigenvalue weighted by Crippen LogP contribution is -2.25. The van der Waals surface area contributed by atoms with Crippen LogP contribution in [0.3, 0.4) is 0 Å². The number of hydrogen-bond donors (Lipinski definition) is 3. The maximum atomic E-state index is 9.68. The van der Waals surface area contributed by atoms with Gasteiger partial charge in [-0.2, -0.15) is 15.0 Å². The summed E-state index contributed by atoms with van der Waals surface area (Å²) in [6.45, 7) is 7.95. The number of aromatic nitrogens is 3. The van der Waals surface area contributed by atoms with Gasteiger partial charge in [-0.05, 0) is 19.8 Å². The molecule has 1 rings (SSSR count). The van der Waals surface area contributed by atoms with Gasteiger partial charge in [0, 0.05) is 6.54 Å². The topological polar surface area (TPSA) is 106 Å². The molecule has 0 fully saturated rings. The van der Waals surface area contributed by atoms with Crippen molar-refractivity contribution in [1.82, 2.24) is 15.0 Å². The first kappa shape index (κ1) is 14.4. The first-order chi connectivity index (χ1) is 8.38. The van der Waals surface area contributed by atoms with Crippen molar-refractivity contribution < 1.29 is 9.84 Å². The van der Waals surface area contributed by atoms with Crippen LogP contribution < -0.4 is 15.8 Å². The molecule has 0 spiro atoms. The van der Waals surface area contributed by atoms with E-state index in [9.17, 15) is 5.11 Å². The lowest BCUT2D eigenvalue weighted by atomic mass is 10.1. The molecule has 102 valence electrons. The minimum atomic E-state index is -0.475. The molecule has 18 heavy (non-hydrogen) atoms. The van der Waals surface area contributed by atoms with Gasteiger partial charge in [-0.25, -0.2) is 0 Å². The third kappa shape index (κ3) is 4.70. The molecule has 0 saturated carbocycles. The lowest BCUT2D eigenvalue weighted by Gasteiger charge is -2.15. The lowest BCUT2D eigenvalue weighted by molar-refractivity contribution is 0.137. The van der Waals surface area contributed by atoms with Crippen LogP contribution in [0.1, 0.15) is 27.7 Å². The van der Waals surface area contributed by atoms with Crippen LogP contribution in [0.25, 0.3) is 0 Å². The van der Waals surface area contributed by atoms with Gasteiger partial charge in [0.25, 0.3) is 0 Å². The maximum Gasteiger partial charge on any atom is 0.323 e. The quantitative estimate of drug-likeness (QED) is 0.685. The fraction of sp³-hybridized carbons (Fsp3) is 0.727. The average Bonchev–Trinajstić information content (AvgIpc) is 2.23. The predicted molar refractivity (Wildman–Crippen MR) is 69.3 cm³/mol. The number of ether oxygens (including phenoxy) is 1. The molecule has 0 aliphatic rings. The van der Waals surface area contributed by atoms with Crippen LogP contribution >= 0.6 is 0 Å². The molecule has 1 unspecified atom stereocenters. The van der Waals surface area contributed by atoms with Gasteiger partial charge in [-0.3, -0.25) is 0 Å². The second-order valence-electron chi connectivity index (χ2n) is 4.66. The SMILES string of the molecule is CC(C)Oc1nc(N)nc(NCC(O)C(C)C)n1. The molecule has 4 N–H and O–H groups in total. The van der Waals surface area contributed by atoms with Crippen molar-refractivity contribution in [3.63, 3.8) is 0 Å². The molecule has 0 radical (unpaired) electrons. The van der Waals surface area contributed by atoms with Gasteiger partial charge in [0.2, 0.25) is 11.9 Å². The fourth-order valence-electron chi connectivity index (χ4n) is 1.15. The highest BCUT2D eigenvalue weighted by molar-refractivity contribution is 5.32. The van der Waals surface area contributed by atoms with E-state index in [1.807, 2.05) is 27.7 Å². The van der Waals surface area contributed by atoms with E-state index in [2.05, 4.69) is 20.3 Å². The number of hydrogen-bond acceptors (Lipinski definition) is 7. The Bertz CT molecular complexity index is 384. The summed E-state index contributed by atoms with van der Waals surface area (Å²) in [6, 6.07) is 0.180. The minimum Gasteiger partial charge on any atom is -0.461 e. The van der Waals surface area contributed by atoms with Crippen molar-refractivity contribution in [2.75, 3.05) is 17.6 Å². The molecule has 7 heteroatoms. The van der Waals surface area contributed by atoms with E-state index < -0.39 is 6.10 Å². The van der Waals surface area contributed by atoms with Crippen molar-refractivity contribution in [2.45, 2.75) is 39.9 Å². The van der Waals surface area contributed by atoms with Crippen LogP contribution in [-0.2, 0) is 0 Å². The number of aliphatic hydroxyl groups is 1. The van der Waals surface area contributed by atoms with E-state index >= 15 is 0 Å². The zero-order valence-electron chi connectivity index (χ0n) is 11.2. The third-order valence-electron chi connectivity index (χ3n) is 2.21. The monoisotopic (exact) mass is 255 g/mol. The van der Waals surface area contributed by atoms with Gasteiger partial charge in [-0.1, -0.05) is 13.8 Å². The first-order valence-corrected chi connectivity index (χ1v) is 5.98. The Kier molecular flexibility index (Phi) is 5.08. The van der Waals surface area contributed by atoms with Crippen molar-refractivity contribution >= 4 is 11.9 Å². The second kappa shape index (κ2) is 6.34. The van der Waals surface area contributed by atoms with Gasteiger partial charge >= 0.3 is 6.01 Å². The molecule has 1 atom stereocenters. The van der Waals surface area contributed by atoms with Crippen molar-refractivity contribution in [3.05, 3.63) is 0 Å². The van der Waals surface area contributed by atoms with Crippen molar-refractivity contribution in [1.29, 1.82) is 0 Å². The summed E-state index contributed by atoms with van der Waals surface area (Å²) in [7, 11) is 0. The Morgan fingerprint density at radius 3 is 2.44 bits per heavy atom. The molecule has 1 aromatic heterocycles. The van der Waals surface area contributed by atoms with Crippen molar-refractivity contribution in [2.24, 2.45) is 5.92 Å². The molecular weight excluding hydrogens is 234 g/mol. The zero-order chi connectivity index (χ0) is 13.7. The van der Waals surface area contributed by atoms with Gasteiger partial charge in [0.1, 0.15) is 0 Å². The van der Waals surface area contributed by atoms with Gasteiger partial charge in [0.05, 0.1) is 12.2 Å². The molecule has 0 bridgehead atoms. The Hall–Kier alpha value is -1.63. The first-order valence-electron chi connectivity index (χ1n) is 5.98. The number of nitrogens with zero attached hydrogens (tertiary/aromatic N) is 3. The van der Waals surface area contributed by atoms with Gasteiger partial charge in [-0.15, -0.1) is 0 Å². The third-order valence-corrected chi connectivity index (χ3v) is 2.21. The van der Waals surface area contributed by atoms with Crippen LogP contribution in [0.5, 0.6) is 6.01 Å². The smallest absolute Gasteiger partial charge is 0.323 e. The largest absolute Gasteiger partial charge is 0.461 e. The molecule has 7 nitrogen and oxygen atoms in total. The Labute approximate surface area is 107 Å². The highest BCUT2D eigenvalue weighted by atomic mass is 16.5. The van der Waals surface area contributed by atoms with Crippen molar-refractivity contribution in [3.8, 4) is 6.01 Å². The standard InChI is InChI=1S/C11H21N5O2/c1-6(2)8(17)5-13-10-14-9(12)15-11(16-10)18-7(3)4/h6-8,17H,5H2,1-4H3,(H3,12,13,14,15,16). The number of rotatable bonds is 6. The van der Waals surface area contributed by atoms with E-state index in [0.717, 1.165) is 0 Å². The molecule has 1 heterocycles. The summed E-state index contributed by atoms with van der Waals surface area (Å²) >= 11 is 0. The number of aliphatic hydroxyl groups excluding tert-OH is 1. The fourth-order valence-corrected chi connectivity index (χ4v) is 1.15. The number of nitrogens with two attached hydrogens (primary N) is 1. The normalized spacial score (nSPS) is 12.8. The van der Waals surface area contributed by atoms with Crippen LogP contribution in [0.2, 0.25) is 0 Å². The summed E-state index contributed by atoms with van der Waals surface area (Å²) in [5.41, 5.74) is 5.56. The van der Waals surface area contributed by atoms with Gasteiger partial charge in [0.15, 0.2) is 0 Å². The van der Waals surface area contributed by atoms with E-state index in [-0.39, 0.29) is 24.0 Å². The number of anilines is 2. The van der Waals surface area contributed by atoms with E-state index in [1.165, 1.54) is 0 Å². The second-order valence-corrected chi connectivity index (χ2v) is 4.66. The van der Waals surface area contributed by atoms with Crippen LogP contribution in [0, 0.1) is 5.92 Å².